The number of methoxy groups -OCH3 is 1. The van der Waals surface area contributed by atoms with Crippen molar-refractivity contribution in [3.8, 4) is 5.75 Å². The van der Waals surface area contributed by atoms with Gasteiger partial charge in [0.05, 0.1) is 50.6 Å². The normalized spacial score (nSPS) is 23.2. The fourth-order valence-electron chi connectivity index (χ4n) is 8.71. The zero-order valence-corrected chi connectivity index (χ0v) is 32.4. The van der Waals surface area contributed by atoms with Crippen molar-refractivity contribution in [3.63, 3.8) is 0 Å². The number of benzene rings is 3. The van der Waals surface area contributed by atoms with Crippen LogP contribution in [0.3, 0.4) is 0 Å². The number of rotatable bonds is 13. The number of carbonyl (C=O) groups excluding carboxylic acids is 3. The summed E-state index contributed by atoms with van der Waals surface area (Å²) in [6.45, 7) is 8.40. The Morgan fingerprint density at radius 3 is 2.47 bits per heavy atom. The third kappa shape index (κ3) is 6.67. The molecule has 2 fully saturated rings. The molecule has 15 nitrogen and oxygen atoms in total. The van der Waals surface area contributed by atoms with E-state index in [2.05, 4.69) is 35.5 Å². The molecule has 55 heavy (non-hydrogen) atoms. The van der Waals surface area contributed by atoms with Gasteiger partial charge in [0, 0.05) is 62.0 Å². The summed E-state index contributed by atoms with van der Waals surface area (Å²) in [6.07, 6.45) is 1.68. The highest BCUT2D eigenvalue weighted by Gasteiger charge is 2.66. The lowest BCUT2D eigenvalue weighted by Gasteiger charge is -2.39. The van der Waals surface area contributed by atoms with E-state index < -0.39 is 42.8 Å². The van der Waals surface area contributed by atoms with Crippen LogP contribution in [0.15, 0.2) is 72.9 Å². The lowest BCUT2D eigenvalue weighted by molar-refractivity contribution is -0.385. The molecule has 3 aromatic carbocycles. The van der Waals surface area contributed by atoms with Gasteiger partial charge in [0.25, 0.3) is 11.6 Å². The minimum atomic E-state index is -2.49. The quantitative estimate of drug-likeness (QED) is 0.0677. The second kappa shape index (κ2) is 14.7. The second-order valence-electron chi connectivity index (χ2n) is 14.9. The maximum Gasteiger partial charge on any atom is 0.304 e. The number of anilines is 2. The molecule has 0 radical (unpaired) electrons. The molecule has 3 aliphatic rings. The number of nitro groups is 1. The first-order valence-electron chi connectivity index (χ1n) is 18.3. The second-order valence-corrected chi connectivity index (χ2v) is 19.6. The fraction of sp³-hybridized carbons (Fsp3) is 0.410. The summed E-state index contributed by atoms with van der Waals surface area (Å²) in [5.74, 6) is -0.603. The van der Waals surface area contributed by atoms with Gasteiger partial charge >= 0.3 is 5.97 Å². The average Bonchev–Trinajstić information content (AvgIpc) is 3.80. The Morgan fingerprint density at radius 2 is 1.84 bits per heavy atom. The first-order chi connectivity index (χ1) is 26.3. The first kappa shape index (κ1) is 37.8. The van der Waals surface area contributed by atoms with E-state index in [9.17, 15) is 24.8 Å². The van der Waals surface area contributed by atoms with Gasteiger partial charge in [0.2, 0.25) is 5.91 Å². The van der Waals surface area contributed by atoms with Crippen molar-refractivity contribution in [1.82, 2.24) is 15.0 Å². The number of aromatic nitrogens is 3. The van der Waals surface area contributed by atoms with Gasteiger partial charge in [-0.05, 0) is 47.9 Å². The number of hydrogen-bond acceptors (Lipinski definition) is 11. The molecule has 4 heterocycles. The van der Waals surface area contributed by atoms with Crippen LogP contribution in [0.1, 0.15) is 43.5 Å². The summed E-state index contributed by atoms with van der Waals surface area (Å²) < 4.78 is 19.6. The molecular weight excluding hydrogens is 725 g/mol. The van der Waals surface area contributed by atoms with E-state index in [0.717, 1.165) is 16.5 Å². The van der Waals surface area contributed by atoms with E-state index in [1.165, 1.54) is 24.0 Å². The first-order valence-corrected chi connectivity index (χ1v) is 21.4. The molecule has 5 atom stereocenters. The summed E-state index contributed by atoms with van der Waals surface area (Å²) >= 11 is 0. The van der Waals surface area contributed by atoms with Crippen LogP contribution in [0.2, 0.25) is 18.6 Å². The largest absolute Gasteiger partial charge is 0.497 e. The molecule has 3 aliphatic heterocycles. The number of aliphatic hydroxyl groups excluding tert-OH is 1. The van der Waals surface area contributed by atoms with Gasteiger partial charge in [-0.1, -0.05) is 54.7 Å². The highest BCUT2D eigenvalue weighted by atomic mass is 28.3. The van der Waals surface area contributed by atoms with Crippen LogP contribution in [0.5, 0.6) is 5.75 Å². The summed E-state index contributed by atoms with van der Waals surface area (Å²) in [6, 6.07) is 19.7. The van der Waals surface area contributed by atoms with Crippen LogP contribution < -0.4 is 19.7 Å². The van der Waals surface area contributed by atoms with Crippen LogP contribution in [-0.2, 0) is 49.0 Å². The van der Waals surface area contributed by atoms with Gasteiger partial charge in [-0.3, -0.25) is 34.1 Å². The van der Waals surface area contributed by atoms with Crippen molar-refractivity contribution in [2.45, 2.75) is 82.8 Å². The van der Waals surface area contributed by atoms with Crippen molar-refractivity contribution in [3.05, 3.63) is 99.9 Å². The van der Waals surface area contributed by atoms with Crippen LogP contribution in [0.4, 0.5) is 17.1 Å². The lowest BCUT2D eigenvalue weighted by Crippen LogP contribution is -2.54. The van der Waals surface area contributed by atoms with Crippen molar-refractivity contribution in [2.75, 3.05) is 23.5 Å². The third-order valence-electron chi connectivity index (χ3n) is 11.4. The van der Waals surface area contributed by atoms with E-state index in [0.29, 0.717) is 42.0 Å². The maximum atomic E-state index is 15.2. The van der Waals surface area contributed by atoms with Gasteiger partial charge in [0.15, 0.2) is 11.8 Å². The summed E-state index contributed by atoms with van der Waals surface area (Å²) in [5, 5.41) is 31.2. The van der Waals surface area contributed by atoms with Gasteiger partial charge in [0.1, 0.15) is 5.75 Å². The molecule has 0 bridgehead atoms. The molecule has 2 saturated heterocycles. The number of hydrogen-bond donors (Lipinski definition) is 1. The zero-order valence-electron chi connectivity index (χ0n) is 31.4. The summed E-state index contributed by atoms with van der Waals surface area (Å²) in [7, 11) is -0.872. The van der Waals surface area contributed by atoms with Crippen molar-refractivity contribution in [2.24, 2.45) is 5.92 Å². The van der Waals surface area contributed by atoms with E-state index in [4.69, 9.17) is 14.2 Å². The van der Waals surface area contributed by atoms with Gasteiger partial charge in [-0.2, -0.15) is 0 Å². The number of non-ortho nitro benzene ring substituents is 1. The van der Waals surface area contributed by atoms with Crippen LogP contribution in [-0.4, -0.2) is 76.9 Å². The summed E-state index contributed by atoms with van der Waals surface area (Å²) in [5.41, 5.74) is 1.21. The number of nitrogens with zero attached hydrogens (tertiary/aromatic N) is 6. The van der Waals surface area contributed by atoms with E-state index in [1.54, 1.807) is 41.1 Å². The van der Waals surface area contributed by atoms with Crippen LogP contribution in [0.25, 0.3) is 0 Å². The monoisotopic (exact) mass is 768 g/mol. The number of aryl methyl sites for hydroxylation is 1. The molecule has 1 aromatic heterocycles. The molecule has 288 valence electrons. The SMILES string of the molecule is COc1ccc([Si](C)(C)[C@H]2[C@H](CCn3cc(CCO)nn3)O[C@@]3(C(=O)N(Cc4ccc(N5C(=O)CC5OC(C)=O)cc4)c4ccc([N+](=O)[O-])cc43)[C@@H]2C)cc1. The van der Waals surface area contributed by atoms with Crippen molar-refractivity contribution >= 4 is 48.1 Å². The predicted molar refractivity (Wildman–Crippen MR) is 203 cm³/mol. The molecule has 0 saturated carbocycles. The lowest BCUT2D eigenvalue weighted by atomic mass is 9.82. The fourth-order valence-corrected chi connectivity index (χ4v) is 12.8. The molecule has 4 aromatic rings. The molecule has 1 spiro atoms. The number of esters is 1. The average molecular weight is 769 g/mol. The highest BCUT2D eigenvalue weighted by molar-refractivity contribution is 6.91. The zero-order chi connectivity index (χ0) is 39.2. The highest BCUT2D eigenvalue weighted by Crippen LogP contribution is 2.60. The standard InChI is InChI=1S/C39H44N6O9Si/c1-24-37(55(4,5)31-13-11-30(52-3)12-14-31)34(16-18-42-23-27(17-19-46)40-41-42)54-39(24)32-20-29(45(50)51)10-15-33(32)43(38(39)49)22-26-6-8-28(9-7-26)44-35(48)21-36(44)53-25(2)47/h6-15,20,23-24,34,36-37,46H,16-19,21-22H2,1-5H3/t24-,34+,36?,37-,39+/m1/s1. The van der Waals surface area contributed by atoms with Gasteiger partial charge < -0.3 is 24.2 Å². The van der Waals surface area contributed by atoms with Crippen molar-refractivity contribution in [1.29, 1.82) is 0 Å². The Balaban J connectivity index is 1.25. The number of nitro benzene ring substituents is 1. The molecule has 2 amide bonds. The maximum absolute atomic E-state index is 15.2. The number of carbonyl (C=O) groups is 3. The number of fused-ring (bicyclic) bond motifs is 2. The molecule has 16 heteroatoms. The molecule has 0 aliphatic carbocycles. The Kier molecular flexibility index (Phi) is 10.1. The predicted octanol–water partition coefficient (Wildman–Crippen LogP) is 4.21. The third-order valence-corrected chi connectivity index (χ3v) is 15.7. The molecule has 1 unspecified atom stereocenters. The van der Waals surface area contributed by atoms with E-state index in [-0.39, 0.29) is 42.6 Å². The van der Waals surface area contributed by atoms with Gasteiger partial charge in [-0.25, -0.2) is 0 Å². The number of aliphatic hydroxyl groups is 1. The van der Waals surface area contributed by atoms with Gasteiger partial charge in [-0.15, -0.1) is 5.10 Å². The smallest absolute Gasteiger partial charge is 0.304 e. The Hall–Kier alpha value is -5.45. The van der Waals surface area contributed by atoms with E-state index in [1.807, 2.05) is 31.2 Å². The number of amides is 2. The summed E-state index contributed by atoms with van der Waals surface area (Å²) in [4.78, 5) is 53.9. The molecular formula is C39H44N6O9Si. The van der Waals surface area contributed by atoms with Crippen LogP contribution >= 0.6 is 0 Å². The minimum Gasteiger partial charge on any atom is -0.497 e. The number of ether oxygens (including phenoxy) is 3. The van der Waals surface area contributed by atoms with E-state index >= 15 is 4.79 Å². The van der Waals surface area contributed by atoms with Crippen LogP contribution in [0, 0.1) is 16.0 Å². The Morgan fingerprint density at radius 1 is 1.11 bits per heavy atom. The minimum absolute atomic E-state index is 0.0445. The Bertz CT molecular complexity index is 2120. The molecule has 7 rings (SSSR count). The van der Waals surface area contributed by atoms with Crippen molar-refractivity contribution < 1.29 is 38.6 Å². The number of β-lactam (4-membered cyclic amide) rings is 1. The topological polar surface area (TPSA) is 179 Å². The Labute approximate surface area is 318 Å². The molecule has 1 N–H and O–H groups in total.